The first-order valence-electron chi connectivity index (χ1n) is 9.54. The molecule has 3 nitrogen and oxygen atoms in total. The van der Waals surface area contributed by atoms with Gasteiger partial charge in [-0.15, -0.1) is 0 Å². The summed E-state index contributed by atoms with van der Waals surface area (Å²) in [6.07, 6.45) is 0.708. The maximum Gasteiger partial charge on any atom is 0.215 e. The van der Waals surface area contributed by atoms with Crippen molar-refractivity contribution in [3.05, 3.63) is 84.2 Å². The van der Waals surface area contributed by atoms with Gasteiger partial charge in [0.25, 0.3) is 0 Å². The van der Waals surface area contributed by atoms with Crippen molar-refractivity contribution in [2.45, 2.75) is 26.2 Å². The van der Waals surface area contributed by atoms with Crippen LogP contribution in [0.5, 0.6) is 0 Å². The zero-order valence-electron chi connectivity index (χ0n) is 16.9. The molecule has 0 aromatic heterocycles. The highest BCUT2D eigenvalue weighted by Gasteiger charge is 2.24. The SMILES string of the molecule is CC(=N)N(C=O)CC(C)(C)c1cccc(-c2cccc(-c3ccc(F)cc3)c2)c1. The van der Waals surface area contributed by atoms with E-state index in [0.29, 0.717) is 13.0 Å². The number of rotatable bonds is 6. The molecular weight excluding hydrogens is 363 g/mol. The molecule has 0 saturated carbocycles. The van der Waals surface area contributed by atoms with Gasteiger partial charge in [0.05, 0.1) is 5.84 Å². The summed E-state index contributed by atoms with van der Waals surface area (Å²) in [5.74, 6) is -0.0133. The van der Waals surface area contributed by atoms with Gasteiger partial charge in [-0.25, -0.2) is 4.39 Å². The maximum atomic E-state index is 13.2. The molecule has 1 amide bonds. The van der Waals surface area contributed by atoms with Crippen LogP contribution in [0.25, 0.3) is 22.3 Å². The van der Waals surface area contributed by atoms with Gasteiger partial charge in [-0.05, 0) is 52.9 Å². The average Bonchev–Trinajstić information content (AvgIpc) is 2.72. The Morgan fingerprint density at radius 2 is 1.48 bits per heavy atom. The van der Waals surface area contributed by atoms with Gasteiger partial charge in [0, 0.05) is 12.0 Å². The van der Waals surface area contributed by atoms with Gasteiger partial charge in [0.1, 0.15) is 5.82 Å². The molecule has 0 atom stereocenters. The lowest BCUT2D eigenvalue weighted by molar-refractivity contribution is -0.115. The highest BCUT2D eigenvalue weighted by Crippen LogP contribution is 2.31. The van der Waals surface area contributed by atoms with Crippen LogP contribution < -0.4 is 0 Å². The van der Waals surface area contributed by atoms with Crippen molar-refractivity contribution in [2.75, 3.05) is 6.54 Å². The normalized spacial score (nSPS) is 11.2. The van der Waals surface area contributed by atoms with Gasteiger partial charge in [0.2, 0.25) is 6.41 Å². The van der Waals surface area contributed by atoms with Crippen molar-refractivity contribution in [3.63, 3.8) is 0 Å². The molecule has 0 aliphatic heterocycles. The van der Waals surface area contributed by atoms with Crippen LogP contribution in [-0.4, -0.2) is 23.7 Å². The predicted octanol–water partition coefficient (Wildman–Crippen LogP) is 5.89. The largest absolute Gasteiger partial charge is 0.303 e. The number of carbonyl (C=O) groups excluding carboxylic acids is 1. The molecule has 3 aromatic carbocycles. The molecule has 0 bridgehead atoms. The molecule has 3 aromatic rings. The van der Waals surface area contributed by atoms with Gasteiger partial charge in [-0.3, -0.25) is 10.2 Å². The van der Waals surface area contributed by atoms with Gasteiger partial charge < -0.3 is 4.90 Å². The van der Waals surface area contributed by atoms with E-state index in [-0.39, 0.29) is 17.1 Å². The Labute approximate surface area is 171 Å². The van der Waals surface area contributed by atoms with Crippen molar-refractivity contribution in [1.82, 2.24) is 4.90 Å². The number of hydrogen-bond acceptors (Lipinski definition) is 2. The number of nitrogens with one attached hydrogen (secondary N) is 1. The smallest absolute Gasteiger partial charge is 0.215 e. The fourth-order valence-corrected chi connectivity index (χ4v) is 3.39. The second-order valence-corrected chi connectivity index (χ2v) is 7.87. The van der Waals surface area contributed by atoms with E-state index in [9.17, 15) is 9.18 Å². The summed E-state index contributed by atoms with van der Waals surface area (Å²) in [6.45, 7) is 6.19. The lowest BCUT2D eigenvalue weighted by Crippen LogP contribution is -2.38. The number of nitrogens with zero attached hydrogens (tertiary/aromatic N) is 1. The van der Waals surface area contributed by atoms with E-state index in [4.69, 9.17) is 5.41 Å². The lowest BCUT2D eigenvalue weighted by atomic mass is 9.82. The van der Waals surface area contributed by atoms with Gasteiger partial charge >= 0.3 is 0 Å². The van der Waals surface area contributed by atoms with Crippen LogP contribution in [0.1, 0.15) is 26.3 Å². The molecule has 148 valence electrons. The van der Waals surface area contributed by atoms with Crippen molar-refractivity contribution < 1.29 is 9.18 Å². The van der Waals surface area contributed by atoms with Crippen LogP contribution in [0, 0.1) is 11.2 Å². The number of halogens is 1. The lowest BCUT2D eigenvalue weighted by Gasteiger charge is -2.30. The summed E-state index contributed by atoms with van der Waals surface area (Å²) >= 11 is 0. The third-order valence-electron chi connectivity index (χ3n) is 5.14. The second kappa shape index (κ2) is 8.39. The van der Waals surface area contributed by atoms with Crippen molar-refractivity contribution in [2.24, 2.45) is 0 Å². The Balaban J connectivity index is 1.93. The third-order valence-corrected chi connectivity index (χ3v) is 5.14. The molecule has 1 N–H and O–H groups in total. The van der Waals surface area contributed by atoms with E-state index in [1.54, 1.807) is 19.1 Å². The molecule has 0 unspecified atom stereocenters. The van der Waals surface area contributed by atoms with Crippen LogP contribution in [0.15, 0.2) is 72.8 Å². The van der Waals surface area contributed by atoms with Crippen molar-refractivity contribution in [1.29, 1.82) is 5.41 Å². The Morgan fingerprint density at radius 1 is 0.931 bits per heavy atom. The van der Waals surface area contributed by atoms with E-state index in [0.717, 1.165) is 27.8 Å². The first kappa shape index (κ1) is 20.5. The summed E-state index contributed by atoms with van der Waals surface area (Å²) in [4.78, 5) is 12.7. The zero-order valence-corrected chi connectivity index (χ0v) is 16.9. The highest BCUT2D eigenvalue weighted by molar-refractivity contribution is 5.86. The molecular formula is C25H25FN2O. The number of carbonyl (C=O) groups is 1. The molecule has 3 rings (SSSR count). The van der Waals surface area contributed by atoms with E-state index < -0.39 is 0 Å². The van der Waals surface area contributed by atoms with Crippen LogP contribution in [0.4, 0.5) is 4.39 Å². The summed E-state index contributed by atoms with van der Waals surface area (Å²) in [6, 6.07) is 22.9. The topological polar surface area (TPSA) is 44.2 Å². The van der Waals surface area contributed by atoms with Gasteiger partial charge in [-0.2, -0.15) is 0 Å². The van der Waals surface area contributed by atoms with Gasteiger partial charge in [-0.1, -0.05) is 68.4 Å². The quantitative estimate of drug-likeness (QED) is 0.319. The zero-order chi connectivity index (χ0) is 21.0. The number of amidine groups is 1. The summed E-state index contributed by atoms with van der Waals surface area (Å²) in [5.41, 5.74) is 4.92. The fourth-order valence-electron chi connectivity index (χ4n) is 3.39. The Morgan fingerprint density at radius 3 is 2.07 bits per heavy atom. The molecule has 4 heteroatoms. The third kappa shape index (κ3) is 4.77. The Bertz CT molecular complexity index is 1030. The van der Waals surface area contributed by atoms with Crippen LogP contribution in [0.2, 0.25) is 0 Å². The standard InChI is InChI=1S/C25H25FN2O/c1-18(27)28(17-29)16-25(2,3)23-9-5-8-22(15-23)21-7-4-6-20(14-21)19-10-12-24(26)13-11-19/h4-15,17,27H,16H2,1-3H3. The first-order valence-corrected chi connectivity index (χ1v) is 9.54. The molecule has 0 aliphatic carbocycles. The van der Waals surface area contributed by atoms with Crippen LogP contribution >= 0.6 is 0 Å². The monoisotopic (exact) mass is 388 g/mol. The molecule has 0 heterocycles. The average molecular weight is 388 g/mol. The fraction of sp³-hybridized carbons (Fsp3) is 0.200. The minimum absolute atomic E-state index is 0.233. The van der Waals surface area contributed by atoms with Crippen molar-refractivity contribution >= 4 is 12.2 Å². The van der Waals surface area contributed by atoms with Crippen molar-refractivity contribution in [3.8, 4) is 22.3 Å². The first-order chi connectivity index (χ1) is 13.8. The summed E-state index contributed by atoms with van der Waals surface area (Å²) < 4.78 is 13.2. The Hall–Kier alpha value is -3.27. The number of benzene rings is 3. The van der Waals surface area contributed by atoms with E-state index >= 15 is 0 Å². The van der Waals surface area contributed by atoms with E-state index in [2.05, 4.69) is 44.2 Å². The van der Waals surface area contributed by atoms with E-state index in [1.807, 2.05) is 18.2 Å². The summed E-state index contributed by atoms with van der Waals surface area (Å²) in [7, 11) is 0. The van der Waals surface area contributed by atoms with Crippen LogP contribution in [-0.2, 0) is 10.2 Å². The second-order valence-electron chi connectivity index (χ2n) is 7.87. The molecule has 0 aliphatic rings. The molecule has 0 spiro atoms. The minimum Gasteiger partial charge on any atom is -0.303 e. The number of hydrogen-bond donors (Lipinski definition) is 1. The summed E-state index contributed by atoms with van der Waals surface area (Å²) in [5, 5.41) is 7.76. The maximum absolute atomic E-state index is 13.2. The Kier molecular flexibility index (Phi) is 5.92. The van der Waals surface area contributed by atoms with Gasteiger partial charge in [0.15, 0.2) is 0 Å². The van der Waals surface area contributed by atoms with E-state index in [1.165, 1.54) is 17.0 Å². The minimum atomic E-state index is -0.312. The molecule has 0 fully saturated rings. The highest BCUT2D eigenvalue weighted by atomic mass is 19.1. The number of amides is 1. The predicted molar refractivity (Wildman–Crippen MR) is 116 cm³/mol. The molecule has 29 heavy (non-hydrogen) atoms. The molecule has 0 saturated heterocycles. The molecule has 0 radical (unpaired) electrons. The van der Waals surface area contributed by atoms with Crippen LogP contribution in [0.3, 0.4) is 0 Å².